The van der Waals surface area contributed by atoms with Crippen LogP contribution in [-0.4, -0.2) is 29.1 Å². The number of hydrogen-bond acceptors (Lipinski definition) is 4. The Kier molecular flexibility index (Phi) is 5.78. The lowest BCUT2D eigenvalue weighted by molar-refractivity contribution is -0.123. The minimum absolute atomic E-state index is 0.0949. The summed E-state index contributed by atoms with van der Waals surface area (Å²) in [6.07, 6.45) is 3.30. The summed E-state index contributed by atoms with van der Waals surface area (Å²) < 4.78 is 0. The maximum absolute atomic E-state index is 12.1. The number of aromatic nitrogens is 1. The molecule has 2 rings (SSSR count). The van der Waals surface area contributed by atoms with E-state index in [0.717, 1.165) is 5.56 Å². The number of nitrogens with one attached hydrogen (secondary N) is 1. The minimum atomic E-state index is -0.282. The Bertz CT molecular complexity index is 744. The Morgan fingerprint density at radius 2 is 1.79 bits per heavy atom. The van der Waals surface area contributed by atoms with Gasteiger partial charge in [-0.15, -0.1) is 0 Å². The van der Waals surface area contributed by atoms with Crippen molar-refractivity contribution in [3.63, 3.8) is 0 Å². The average Bonchev–Trinajstić information content (AvgIpc) is 2.58. The molecule has 0 aliphatic carbocycles. The number of anilines is 1. The lowest BCUT2D eigenvalue weighted by Crippen LogP contribution is -2.39. The smallest absolute Gasteiger partial charge is 0.240 e. The molecule has 0 saturated heterocycles. The molecule has 0 bridgehead atoms. The van der Waals surface area contributed by atoms with Crippen molar-refractivity contribution in [2.24, 2.45) is 0 Å². The van der Waals surface area contributed by atoms with Crippen LogP contribution >= 0.6 is 0 Å². The molecule has 124 valence electrons. The van der Waals surface area contributed by atoms with Crippen molar-refractivity contribution in [2.45, 2.75) is 20.4 Å². The molecule has 0 radical (unpaired) electrons. The van der Waals surface area contributed by atoms with Crippen molar-refractivity contribution < 1.29 is 14.4 Å². The van der Waals surface area contributed by atoms with Gasteiger partial charge in [-0.25, -0.2) is 0 Å². The maximum atomic E-state index is 12.1. The maximum Gasteiger partial charge on any atom is 0.240 e. The lowest BCUT2D eigenvalue weighted by atomic mass is 10.1. The van der Waals surface area contributed by atoms with Gasteiger partial charge in [-0.1, -0.05) is 12.1 Å². The van der Waals surface area contributed by atoms with Gasteiger partial charge in [0.1, 0.15) is 6.54 Å². The second kappa shape index (κ2) is 8.01. The van der Waals surface area contributed by atoms with Gasteiger partial charge in [0.25, 0.3) is 0 Å². The quantitative estimate of drug-likeness (QED) is 0.823. The molecule has 6 nitrogen and oxygen atoms in total. The molecule has 1 aromatic heterocycles. The van der Waals surface area contributed by atoms with E-state index < -0.39 is 0 Å². The molecular weight excluding hydrogens is 306 g/mol. The third-order valence-electron chi connectivity index (χ3n) is 3.49. The number of carbonyl (C=O) groups is 3. The lowest BCUT2D eigenvalue weighted by Gasteiger charge is -2.21. The highest BCUT2D eigenvalue weighted by Crippen LogP contribution is 2.17. The molecule has 0 unspecified atom stereocenters. The van der Waals surface area contributed by atoms with Gasteiger partial charge in [0.05, 0.1) is 0 Å². The highest BCUT2D eigenvalue weighted by Gasteiger charge is 2.16. The summed E-state index contributed by atoms with van der Waals surface area (Å²) in [6.45, 7) is 3.09. The molecule has 0 aliphatic heterocycles. The molecule has 1 aromatic carbocycles. The third kappa shape index (κ3) is 4.74. The number of nitrogens with zero attached hydrogens (tertiary/aromatic N) is 2. The molecule has 6 heteroatoms. The van der Waals surface area contributed by atoms with Crippen LogP contribution in [0.2, 0.25) is 0 Å². The molecule has 1 N–H and O–H groups in total. The summed E-state index contributed by atoms with van der Waals surface area (Å²) in [5, 5.41) is 2.76. The van der Waals surface area contributed by atoms with Crippen LogP contribution in [0.1, 0.15) is 29.8 Å². The van der Waals surface area contributed by atoms with Crippen molar-refractivity contribution in [1.82, 2.24) is 10.3 Å². The number of amides is 2. The van der Waals surface area contributed by atoms with E-state index in [-0.39, 0.29) is 24.1 Å². The fraction of sp³-hybridized carbons (Fsp3) is 0.222. The third-order valence-corrected chi connectivity index (χ3v) is 3.49. The van der Waals surface area contributed by atoms with Crippen LogP contribution < -0.4 is 10.2 Å². The molecule has 0 fully saturated rings. The highest BCUT2D eigenvalue weighted by atomic mass is 16.2. The summed E-state index contributed by atoms with van der Waals surface area (Å²) in [5.41, 5.74) is 1.94. The fourth-order valence-corrected chi connectivity index (χ4v) is 2.18. The Hall–Kier alpha value is -3.02. The van der Waals surface area contributed by atoms with Crippen LogP contribution in [-0.2, 0) is 16.1 Å². The van der Waals surface area contributed by atoms with E-state index in [1.54, 1.807) is 48.8 Å². The number of rotatable bonds is 6. The van der Waals surface area contributed by atoms with Gasteiger partial charge in [0, 0.05) is 37.1 Å². The van der Waals surface area contributed by atoms with E-state index in [1.165, 1.54) is 18.7 Å². The zero-order chi connectivity index (χ0) is 17.5. The summed E-state index contributed by atoms with van der Waals surface area (Å²) in [6, 6.07) is 10.3. The van der Waals surface area contributed by atoms with Crippen LogP contribution in [0.5, 0.6) is 0 Å². The second-order valence-corrected chi connectivity index (χ2v) is 5.34. The van der Waals surface area contributed by atoms with Crippen LogP contribution in [0.15, 0.2) is 48.8 Å². The summed E-state index contributed by atoms with van der Waals surface area (Å²) in [4.78, 5) is 40.8. The predicted octanol–water partition coefficient (Wildman–Crippen LogP) is 1.95. The van der Waals surface area contributed by atoms with Gasteiger partial charge in [0.15, 0.2) is 5.78 Å². The number of hydrogen-bond donors (Lipinski definition) is 1. The standard InChI is InChI=1S/C18H19N3O3/c1-13(22)16-4-3-5-17(10-16)21(14(2)23)12-18(24)20-11-15-6-8-19-9-7-15/h3-10H,11-12H2,1-2H3,(H,20,24). The molecule has 0 aliphatic rings. The molecule has 1 heterocycles. The first kappa shape index (κ1) is 17.3. The van der Waals surface area contributed by atoms with Crippen molar-refractivity contribution in [2.75, 3.05) is 11.4 Å². The van der Waals surface area contributed by atoms with Crippen LogP contribution in [0.4, 0.5) is 5.69 Å². The van der Waals surface area contributed by atoms with E-state index in [4.69, 9.17) is 0 Å². The van der Waals surface area contributed by atoms with Crippen LogP contribution in [0, 0.1) is 0 Å². The van der Waals surface area contributed by atoms with E-state index in [9.17, 15) is 14.4 Å². The Labute approximate surface area is 140 Å². The SMILES string of the molecule is CC(=O)c1cccc(N(CC(=O)NCc2ccncc2)C(C)=O)c1. The molecule has 0 spiro atoms. The van der Waals surface area contributed by atoms with Crippen LogP contribution in [0.3, 0.4) is 0 Å². The zero-order valence-electron chi connectivity index (χ0n) is 13.7. The van der Waals surface area contributed by atoms with E-state index in [0.29, 0.717) is 17.8 Å². The fourth-order valence-electron chi connectivity index (χ4n) is 2.18. The van der Waals surface area contributed by atoms with Crippen molar-refractivity contribution in [3.8, 4) is 0 Å². The Balaban J connectivity index is 2.05. The van der Waals surface area contributed by atoms with E-state index in [2.05, 4.69) is 10.3 Å². The number of Topliss-reactive ketones (excluding diaryl/α,β-unsaturated/α-hetero) is 1. The molecule has 2 amide bonds. The summed E-state index contributed by atoms with van der Waals surface area (Å²) in [5.74, 6) is -0.646. The van der Waals surface area contributed by atoms with Gasteiger partial charge in [-0.3, -0.25) is 19.4 Å². The van der Waals surface area contributed by atoms with Gasteiger partial charge < -0.3 is 10.2 Å². The monoisotopic (exact) mass is 325 g/mol. The van der Waals surface area contributed by atoms with E-state index >= 15 is 0 Å². The van der Waals surface area contributed by atoms with Gasteiger partial charge >= 0.3 is 0 Å². The topological polar surface area (TPSA) is 79.4 Å². The van der Waals surface area contributed by atoms with Gasteiger partial charge in [-0.2, -0.15) is 0 Å². The first-order valence-corrected chi connectivity index (χ1v) is 7.52. The largest absolute Gasteiger partial charge is 0.350 e. The Morgan fingerprint density at radius 3 is 2.42 bits per heavy atom. The predicted molar refractivity (Wildman–Crippen MR) is 90.6 cm³/mol. The van der Waals surface area contributed by atoms with Crippen molar-refractivity contribution in [3.05, 3.63) is 59.9 Å². The second-order valence-electron chi connectivity index (χ2n) is 5.34. The first-order valence-electron chi connectivity index (χ1n) is 7.52. The number of ketones is 1. The average molecular weight is 325 g/mol. The van der Waals surface area contributed by atoms with Gasteiger partial charge in [-0.05, 0) is 36.8 Å². The normalized spacial score (nSPS) is 10.1. The number of carbonyl (C=O) groups excluding carboxylic acids is 3. The zero-order valence-corrected chi connectivity index (χ0v) is 13.7. The molecule has 0 saturated carbocycles. The van der Waals surface area contributed by atoms with Crippen molar-refractivity contribution in [1.29, 1.82) is 0 Å². The number of benzene rings is 1. The first-order chi connectivity index (χ1) is 11.5. The Morgan fingerprint density at radius 1 is 1.08 bits per heavy atom. The van der Waals surface area contributed by atoms with Crippen LogP contribution in [0.25, 0.3) is 0 Å². The van der Waals surface area contributed by atoms with Gasteiger partial charge in [0.2, 0.25) is 11.8 Å². The summed E-state index contributed by atoms with van der Waals surface area (Å²) >= 11 is 0. The highest BCUT2D eigenvalue weighted by molar-refractivity contribution is 6.00. The van der Waals surface area contributed by atoms with Crippen molar-refractivity contribution >= 4 is 23.3 Å². The molecule has 0 atom stereocenters. The molecule has 2 aromatic rings. The number of pyridine rings is 1. The summed E-state index contributed by atoms with van der Waals surface area (Å²) in [7, 11) is 0. The van der Waals surface area contributed by atoms with E-state index in [1.807, 2.05) is 0 Å². The molecule has 24 heavy (non-hydrogen) atoms. The minimum Gasteiger partial charge on any atom is -0.350 e. The molecular formula is C18H19N3O3.